The molecule has 1 aliphatic carbocycles. The molecule has 4 rings (SSSR count). The minimum absolute atomic E-state index is 0.192. The van der Waals surface area contributed by atoms with Gasteiger partial charge in [0.1, 0.15) is 0 Å². The Labute approximate surface area is 138 Å². The van der Waals surface area contributed by atoms with Gasteiger partial charge in [0, 0.05) is 11.4 Å². The molecule has 0 aromatic heterocycles. The molecule has 2 aromatic rings. The topological polar surface area (TPSA) is 23.5 Å². The Morgan fingerprint density at radius 1 is 0.739 bits per heavy atom. The van der Waals surface area contributed by atoms with Gasteiger partial charge in [-0.25, -0.2) is 0 Å². The van der Waals surface area contributed by atoms with Crippen molar-refractivity contribution >= 4 is 11.4 Å². The molecular formula is C21H25NO. The van der Waals surface area contributed by atoms with Crippen LogP contribution in [0.2, 0.25) is 0 Å². The molecule has 2 nitrogen and oxygen atoms in total. The van der Waals surface area contributed by atoms with E-state index in [4.69, 9.17) is 0 Å². The fourth-order valence-electron chi connectivity index (χ4n) is 4.24. The molecule has 2 atom stereocenters. The number of aliphatic hydroxyl groups excluding tert-OH is 1. The first kappa shape index (κ1) is 14.8. The van der Waals surface area contributed by atoms with Crippen molar-refractivity contribution in [1.82, 2.24) is 0 Å². The van der Waals surface area contributed by atoms with Crippen molar-refractivity contribution in [3.63, 3.8) is 0 Å². The van der Waals surface area contributed by atoms with Crippen LogP contribution in [0.5, 0.6) is 0 Å². The predicted molar refractivity (Wildman–Crippen MR) is 95.3 cm³/mol. The third-order valence-electron chi connectivity index (χ3n) is 5.44. The quantitative estimate of drug-likeness (QED) is 0.777. The van der Waals surface area contributed by atoms with E-state index in [1.807, 2.05) is 0 Å². The van der Waals surface area contributed by atoms with Crippen LogP contribution >= 0.6 is 0 Å². The molecule has 2 aliphatic rings. The Hall–Kier alpha value is -1.80. The fourth-order valence-corrected chi connectivity index (χ4v) is 4.24. The number of fused-ring (bicyclic) bond motifs is 2. The van der Waals surface area contributed by atoms with E-state index < -0.39 is 0 Å². The van der Waals surface area contributed by atoms with E-state index in [2.05, 4.69) is 53.4 Å². The second kappa shape index (κ2) is 6.37. The molecule has 0 spiro atoms. The molecule has 1 N–H and O–H groups in total. The normalized spacial score (nSPS) is 24.3. The van der Waals surface area contributed by atoms with Gasteiger partial charge in [-0.05, 0) is 48.9 Å². The summed E-state index contributed by atoms with van der Waals surface area (Å²) in [7, 11) is 0. The fraction of sp³-hybridized carbons (Fsp3) is 0.429. The maximum absolute atomic E-state index is 10.8. The summed E-state index contributed by atoms with van der Waals surface area (Å²) >= 11 is 0. The molecule has 120 valence electrons. The molecular weight excluding hydrogens is 282 g/mol. The second-order valence-electron chi connectivity index (χ2n) is 6.90. The SMILES string of the molecule is O[C@H]1CCCCC[C@@H]1N1c2ccccc2CCc2ccccc21. The van der Waals surface area contributed by atoms with Gasteiger partial charge in [0.2, 0.25) is 0 Å². The molecule has 0 saturated heterocycles. The van der Waals surface area contributed by atoms with Crippen LogP contribution in [0.4, 0.5) is 11.4 Å². The van der Waals surface area contributed by atoms with E-state index in [1.165, 1.54) is 35.3 Å². The van der Waals surface area contributed by atoms with Crippen molar-refractivity contribution in [2.75, 3.05) is 4.90 Å². The molecule has 0 amide bonds. The summed E-state index contributed by atoms with van der Waals surface area (Å²) in [5.41, 5.74) is 5.40. The van der Waals surface area contributed by atoms with Crippen molar-refractivity contribution in [3.05, 3.63) is 59.7 Å². The molecule has 1 fully saturated rings. The third-order valence-corrected chi connectivity index (χ3v) is 5.44. The molecule has 1 saturated carbocycles. The van der Waals surface area contributed by atoms with Crippen LogP contribution in [0, 0.1) is 0 Å². The first-order valence-corrected chi connectivity index (χ1v) is 8.98. The number of rotatable bonds is 1. The third kappa shape index (κ3) is 2.76. The lowest BCUT2D eigenvalue weighted by Gasteiger charge is -2.37. The van der Waals surface area contributed by atoms with Gasteiger partial charge < -0.3 is 10.0 Å². The van der Waals surface area contributed by atoms with Gasteiger partial charge in [-0.3, -0.25) is 0 Å². The van der Waals surface area contributed by atoms with Gasteiger partial charge >= 0.3 is 0 Å². The van der Waals surface area contributed by atoms with Crippen LogP contribution in [0.1, 0.15) is 43.2 Å². The van der Waals surface area contributed by atoms with E-state index in [9.17, 15) is 5.11 Å². The zero-order chi connectivity index (χ0) is 15.6. The highest BCUT2D eigenvalue weighted by atomic mass is 16.3. The first-order valence-electron chi connectivity index (χ1n) is 8.98. The standard InChI is InChI=1S/C21H25NO/c23-21-13-3-1-2-12-20(21)22-18-10-6-4-8-16(18)14-15-17-9-5-7-11-19(17)22/h4-11,20-21,23H,1-3,12-15H2/t20-,21-/m0/s1. The number of hydrogen-bond acceptors (Lipinski definition) is 2. The zero-order valence-electron chi connectivity index (χ0n) is 13.6. The minimum Gasteiger partial charge on any atom is -0.391 e. The van der Waals surface area contributed by atoms with Gasteiger partial charge in [0.25, 0.3) is 0 Å². The lowest BCUT2D eigenvalue weighted by atomic mass is 10.0. The van der Waals surface area contributed by atoms with Crippen molar-refractivity contribution < 1.29 is 5.11 Å². The summed E-state index contributed by atoms with van der Waals surface area (Å²) < 4.78 is 0. The number of benzene rings is 2. The highest BCUT2D eigenvalue weighted by Gasteiger charge is 2.32. The summed E-state index contributed by atoms with van der Waals surface area (Å²) in [6.45, 7) is 0. The Morgan fingerprint density at radius 3 is 1.96 bits per heavy atom. The number of nitrogens with zero attached hydrogens (tertiary/aromatic N) is 1. The molecule has 2 aromatic carbocycles. The molecule has 23 heavy (non-hydrogen) atoms. The second-order valence-corrected chi connectivity index (χ2v) is 6.90. The molecule has 0 bridgehead atoms. The number of aryl methyl sites for hydroxylation is 2. The number of hydrogen-bond donors (Lipinski definition) is 1. The molecule has 1 heterocycles. The average molecular weight is 307 g/mol. The Kier molecular flexibility index (Phi) is 4.09. The highest BCUT2D eigenvalue weighted by molar-refractivity contribution is 5.72. The van der Waals surface area contributed by atoms with E-state index in [0.717, 1.165) is 32.1 Å². The highest BCUT2D eigenvalue weighted by Crippen LogP contribution is 2.40. The smallest absolute Gasteiger partial charge is 0.0747 e. The first-order chi connectivity index (χ1) is 11.3. The zero-order valence-corrected chi connectivity index (χ0v) is 13.6. The summed E-state index contributed by atoms with van der Waals surface area (Å²) in [5.74, 6) is 0. The van der Waals surface area contributed by atoms with E-state index in [0.29, 0.717) is 0 Å². The maximum atomic E-state index is 10.8. The summed E-state index contributed by atoms with van der Waals surface area (Å²) in [6, 6.07) is 17.7. The number of anilines is 2. The van der Waals surface area contributed by atoms with Crippen LogP contribution in [0.25, 0.3) is 0 Å². The molecule has 2 heteroatoms. The van der Waals surface area contributed by atoms with Crippen molar-refractivity contribution in [3.8, 4) is 0 Å². The lowest BCUT2D eigenvalue weighted by Crippen LogP contribution is -2.40. The van der Waals surface area contributed by atoms with Crippen molar-refractivity contribution in [1.29, 1.82) is 0 Å². The average Bonchev–Trinajstić information content (AvgIpc) is 2.89. The van der Waals surface area contributed by atoms with Gasteiger partial charge in [-0.1, -0.05) is 55.7 Å². The summed E-state index contributed by atoms with van der Waals surface area (Å²) in [6.07, 6.45) is 7.51. The number of aliphatic hydroxyl groups is 1. The van der Waals surface area contributed by atoms with Crippen LogP contribution in [-0.2, 0) is 12.8 Å². The maximum Gasteiger partial charge on any atom is 0.0747 e. The molecule has 1 aliphatic heterocycles. The largest absolute Gasteiger partial charge is 0.391 e. The number of para-hydroxylation sites is 2. The van der Waals surface area contributed by atoms with E-state index >= 15 is 0 Å². The van der Waals surface area contributed by atoms with Crippen molar-refractivity contribution in [2.24, 2.45) is 0 Å². The summed E-state index contributed by atoms with van der Waals surface area (Å²) in [5, 5.41) is 10.8. The van der Waals surface area contributed by atoms with Crippen LogP contribution in [0.15, 0.2) is 48.5 Å². The van der Waals surface area contributed by atoms with E-state index in [-0.39, 0.29) is 12.1 Å². The van der Waals surface area contributed by atoms with Gasteiger partial charge in [0.15, 0.2) is 0 Å². The van der Waals surface area contributed by atoms with Gasteiger partial charge in [-0.2, -0.15) is 0 Å². The molecule has 0 radical (unpaired) electrons. The summed E-state index contributed by atoms with van der Waals surface area (Å²) in [4.78, 5) is 2.45. The Balaban J connectivity index is 1.85. The van der Waals surface area contributed by atoms with Crippen LogP contribution in [-0.4, -0.2) is 17.3 Å². The van der Waals surface area contributed by atoms with Gasteiger partial charge in [0.05, 0.1) is 12.1 Å². The lowest BCUT2D eigenvalue weighted by molar-refractivity contribution is 0.137. The Morgan fingerprint density at radius 2 is 1.30 bits per heavy atom. The predicted octanol–water partition coefficient (Wildman–Crippen LogP) is 4.62. The van der Waals surface area contributed by atoms with Crippen LogP contribution < -0.4 is 4.90 Å². The van der Waals surface area contributed by atoms with E-state index in [1.54, 1.807) is 0 Å². The Bertz CT molecular complexity index is 634. The molecule has 0 unspecified atom stereocenters. The van der Waals surface area contributed by atoms with Crippen molar-refractivity contribution in [2.45, 2.75) is 57.1 Å². The van der Waals surface area contributed by atoms with Gasteiger partial charge in [-0.15, -0.1) is 0 Å². The minimum atomic E-state index is -0.239. The monoisotopic (exact) mass is 307 g/mol. The van der Waals surface area contributed by atoms with Crippen LogP contribution in [0.3, 0.4) is 0 Å².